The Balaban J connectivity index is 2.98. The van der Waals surface area contributed by atoms with E-state index < -0.39 is 10.0 Å². The van der Waals surface area contributed by atoms with Crippen LogP contribution >= 0.6 is 0 Å². The van der Waals surface area contributed by atoms with Crippen LogP contribution in [0.4, 0.5) is 5.82 Å². The number of anilines is 1. The fourth-order valence-corrected chi connectivity index (χ4v) is 1.34. The molecular formula is C8H13N3O2S. The molecule has 0 saturated heterocycles. The first kappa shape index (κ1) is 10.9. The lowest BCUT2D eigenvalue weighted by Crippen LogP contribution is -2.25. The summed E-state index contributed by atoms with van der Waals surface area (Å²) < 4.78 is 23.4. The highest BCUT2D eigenvalue weighted by molar-refractivity contribution is 7.92. The van der Waals surface area contributed by atoms with E-state index in [2.05, 4.69) is 4.98 Å². The van der Waals surface area contributed by atoms with E-state index in [9.17, 15) is 8.42 Å². The second-order valence-corrected chi connectivity index (χ2v) is 4.97. The highest BCUT2D eigenvalue weighted by Gasteiger charge is 2.12. The van der Waals surface area contributed by atoms with Gasteiger partial charge in [-0.15, -0.1) is 0 Å². The van der Waals surface area contributed by atoms with E-state index in [0.717, 1.165) is 16.1 Å². The van der Waals surface area contributed by atoms with Crippen LogP contribution in [0.1, 0.15) is 5.56 Å². The molecule has 0 aliphatic heterocycles. The van der Waals surface area contributed by atoms with Crippen molar-refractivity contribution in [3.8, 4) is 0 Å². The van der Waals surface area contributed by atoms with Gasteiger partial charge in [0.05, 0.1) is 6.26 Å². The van der Waals surface area contributed by atoms with E-state index in [0.29, 0.717) is 12.4 Å². The summed E-state index contributed by atoms with van der Waals surface area (Å²) in [6.07, 6.45) is 2.70. The van der Waals surface area contributed by atoms with Crippen molar-refractivity contribution in [3.05, 3.63) is 23.9 Å². The van der Waals surface area contributed by atoms with E-state index in [1.54, 1.807) is 18.3 Å². The summed E-state index contributed by atoms with van der Waals surface area (Å²) in [7, 11) is -1.78. The molecule has 5 nitrogen and oxygen atoms in total. The number of sulfonamides is 1. The van der Waals surface area contributed by atoms with E-state index in [-0.39, 0.29) is 0 Å². The van der Waals surface area contributed by atoms with Crippen LogP contribution in [0, 0.1) is 0 Å². The van der Waals surface area contributed by atoms with Gasteiger partial charge in [0.1, 0.15) is 5.82 Å². The van der Waals surface area contributed by atoms with Crippen molar-refractivity contribution < 1.29 is 8.42 Å². The van der Waals surface area contributed by atoms with Gasteiger partial charge in [0, 0.05) is 19.8 Å². The number of rotatable bonds is 3. The molecule has 0 aromatic carbocycles. The van der Waals surface area contributed by atoms with Crippen molar-refractivity contribution in [2.24, 2.45) is 5.73 Å². The van der Waals surface area contributed by atoms with Gasteiger partial charge in [-0.1, -0.05) is 6.07 Å². The Labute approximate surface area is 83.6 Å². The molecular weight excluding hydrogens is 202 g/mol. The lowest BCUT2D eigenvalue weighted by molar-refractivity contribution is 0.600. The molecule has 0 amide bonds. The summed E-state index contributed by atoms with van der Waals surface area (Å²) >= 11 is 0. The molecule has 1 rings (SSSR count). The van der Waals surface area contributed by atoms with Crippen molar-refractivity contribution in [3.63, 3.8) is 0 Å². The molecule has 0 bridgehead atoms. The smallest absolute Gasteiger partial charge is 0.233 e. The van der Waals surface area contributed by atoms with Crippen molar-refractivity contribution in [1.82, 2.24) is 4.98 Å². The van der Waals surface area contributed by atoms with Crippen LogP contribution in [-0.4, -0.2) is 26.7 Å². The summed E-state index contributed by atoms with van der Waals surface area (Å²) in [5.74, 6) is 0.393. The summed E-state index contributed by atoms with van der Waals surface area (Å²) in [4.78, 5) is 3.98. The zero-order valence-corrected chi connectivity index (χ0v) is 8.95. The molecule has 0 fully saturated rings. The molecule has 78 valence electrons. The fourth-order valence-electron chi connectivity index (χ4n) is 0.894. The Morgan fingerprint density at radius 1 is 1.50 bits per heavy atom. The largest absolute Gasteiger partial charge is 0.326 e. The second-order valence-electron chi connectivity index (χ2n) is 2.96. The molecule has 1 heterocycles. The molecule has 1 aromatic rings. The number of nitrogens with zero attached hydrogens (tertiary/aromatic N) is 2. The van der Waals surface area contributed by atoms with E-state index >= 15 is 0 Å². The van der Waals surface area contributed by atoms with Crippen LogP contribution in [0.15, 0.2) is 18.3 Å². The van der Waals surface area contributed by atoms with E-state index in [1.807, 2.05) is 0 Å². The number of hydrogen-bond donors (Lipinski definition) is 1. The molecule has 0 unspecified atom stereocenters. The maximum absolute atomic E-state index is 11.1. The molecule has 0 aliphatic carbocycles. The number of nitrogens with two attached hydrogens (primary N) is 1. The Hall–Kier alpha value is -1.14. The highest BCUT2D eigenvalue weighted by atomic mass is 32.2. The maximum Gasteiger partial charge on any atom is 0.233 e. The zero-order chi connectivity index (χ0) is 10.8. The minimum absolute atomic E-state index is 0.393. The van der Waals surface area contributed by atoms with Crippen LogP contribution in [-0.2, 0) is 16.6 Å². The third-order valence-corrected chi connectivity index (χ3v) is 3.05. The summed E-state index contributed by atoms with van der Waals surface area (Å²) in [6.45, 7) is 0.399. The Morgan fingerprint density at radius 2 is 2.14 bits per heavy atom. The van der Waals surface area contributed by atoms with Crippen LogP contribution in [0.25, 0.3) is 0 Å². The minimum Gasteiger partial charge on any atom is -0.326 e. The Bertz CT molecular complexity index is 399. The van der Waals surface area contributed by atoms with Crippen molar-refractivity contribution in [2.75, 3.05) is 17.6 Å². The Morgan fingerprint density at radius 3 is 2.50 bits per heavy atom. The summed E-state index contributed by atoms with van der Waals surface area (Å²) in [5.41, 5.74) is 6.26. The number of hydrogen-bond acceptors (Lipinski definition) is 4. The summed E-state index contributed by atoms with van der Waals surface area (Å²) in [5, 5.41) is 0. The Kier molecular flexibility index (Phi) is 3.07. The van der Waals surface area contributed by atoms with Gasteiger partial charge in [-0.25, -0.2) is 13.4 Å². The molecule has 0 aliphatic rings. The first-order valence-corrected chi connectivity index (χ1v) is 5.89. The van der Waals surface area contributed by atoms with Gasteiger partial charge in [-0.05, 0) is 11.6 Å². The van der Waals surface area contributed by atoms with Crippen molar-refractivity contribution in [1.29, 1.82) is 0 Å². The SMILES string of the molecule is CN(c1ccc(CN)cn1)S(C)(=O)=O. The van der Waals surface area contributed by atoms with Crippen LogP contribution < -0.4 is 10.0 Å². The summed E-state index contributed by atoms with van der Waals surface area (Å²) in [6, 6.07) is 3.38. The molecule has 0 atom stereocenters. The van der Waals surface area contributed by atoms with Gasteiger partial charge < -0.3 is 5.73 Å². The van der Waals surface area contributed by atoms with Crippen molar-refractivity contribution in [2.45, 2.75) is 6.54 Å². The van der Waals surface area contributed by atoms with Crippen LogP contribution in [0.3, 0.4) is 0 Å². The first-order chi connectivity index (χ1) is 6.45. The maximum atomic E-state index is 11.1. The van der Waals surface area contributed by atoms with E-state index in [1.165, 1.54) is 7.05 Å². The van der Waals surface area contributed by atoms with E-state index in [4.69, 9.17) is 5.73 Å². The molecule has 2 N–H and O–H groups in total. The fraction of sp³-hybridized carbons (Fsp3) is 0.375. The molecule has 0 saturated carbocycles. The quantitative estimate of drug-likeness (QED) is 0.766. The third kappa shape index (κ3) is 2.43. The van der Waals surface area contributed by atoms with Crippen molar-refractivity contribution >= 4 is 15.8 Å². The average molecular weight is 215 g/mol. The topological polar surface area (TPSA) is 76.3 Å². The molecule has 0 radical (unpaired) electrons. The third-order valence-electron chi connectivity index (χ3n) is 1.86. The lowest BCUT2D eigenvalue weighted by Gasteiger charge is -2.15. The van der Waals surface area contributed by atoms with Gasteiger partial charge in [-0.3, -0.25) is 4.31 Å². The molecule has 1 aromatic heterocycles. The number of pyridine rings is 1. The normalized spacial score (nSPS) is 11.4. The van der Waals surface area contributed by atoms with Gasteiger partial charge >= 0.3 is 0 Å². The zero-order valence-electron chi connectivity index (χ0n) is 8.14. The standard InChI is InChI=1S/C8H13N3O2S/c1-11(14(2,12)13)8-4-3-7(5-9)6-10-8/h3-4,6H,5,9H2,1-2H3. The average Bonchev–Trinajstić information content (AvgIpc) is 2.15. The molecule has 14 heavy (non-hydrogen) atoms. The minimum atomic E-state index is -3.24. The van der Waals surface area contributed by atoms with Crippen LogP contribution in [0.2, 0.25) is 0 Å². The lowest BCUT2D eigenvalue weighted by atomic mass is 10.3. The first-order valence-electron chi connectivity index (χ1n) is 4.04. The van der Waals surface area contributed by atoms with Crippen LogP contribution in [0.5, 0.6) is 0 Å². The van der Waals surface area contributed by atoms with Gasteiger partial charge in [0.25, 0.3) is 0 Å². The predicted molar refractivity (Wildman–Crippen MR) is 55.4 cm³/mol. The second kappa shape index (κ2) is 3.93. The molecule has 6 heteroatoms. The molecule has 0 spiro atoms. The van der Waals surface area contributed by atoms with Gasteiger partial charge in [-0.2, -0.15) is 0 Å². The van der Waals surface area contributed by atoms with Gasteiger partial charge in [0.15, 0.2) is 0 Å². The van der Waals surface area contributed by atoms with Gasteiger partial charge in [0.2, 0.25) is 10.0 Å². The predicted octanol–water partition coefficient (Wildman–Crippen LogP) is -0.0639. The monoisotopic (exact) mass is 215 g/mol. The highest BCUT2D eigenvalue weighted by Crippen LogP contribution is 2.11. The number of aromatic nitrogens is 1.